The summed E-state index contributed by atoms with van der Waals surface area (Å²) < 4.78 is 55.9. The summed E-state index contributed by atoms with van der Waals surface area (Å²) in [4.78, 5) is 0. The summed E-state index contributed by atoms with van der Waals surface area (Å²) in [5, 5.41) is 0. The first kappa shape index (κ1) is 19.7. The zero-order chi connectivity index (χ0) is 19.4. The fourth-order valence-electron chi connectivity index (χ4n) is 3.68. The van der Waals surface area contributed by atoms with Crippen LogP contribution >= 0.6 is 0 Å². The van der Waals surface area contributed by atoms with Gasteiger partial charge in [-0.15, -0.1) is 0 Å². The van der Waals surface area contributed by atoms with Crippen LogP contribution < -0.4 is 0 Å². The van der Waals surface area contributed by atoms with Gasteiger partial charge in [0.15, 0.2) is 11.6 Å². The van der Waals surface area contributed by atoms with Crippen molar-refractivity contribution < 1.29 is 17.6 Å². The fourth-order valence-corrected chi connectivity index (χ4v) is 3.68. The van der Waals surface area contributed by atoms with E-state index in [2.05, 4.69) is 6.92 Å². The number of rotatable bonds is 8. The maximum absolute atomic E-state index is 14.6. The first-order valence-electron chi connectivity index (χ1n) is 9.66. The normalized spacial score (nSPS) is 13.0. The molecule has 1 aliphatic carbocycles. The summed E-state index contributed by atoms with van der Waals surface area (Å²) >= 11 is 0. The predicted octanol–water partition coefficient (Wildman–Crippen LogP) is 7.24. The standard InChI is InChI=1S/C23H24F4/c1-2-3-4-5-6-7-8-15-9-21(26)23(22(27)10-15)18-11-16-13-19(24)20(25)14-17(16)12-18/h9-11,13-14H,2-8,12H2,1H3. The summed E-state index contributed by atoms with van der Waals surface area (Å²) in [5.74, 6) is -3.13. The van der Waals surface area contributed by atoms with Crippen LogP contribution in [0.5, 0.6) is 0 Å². The van der Waals surface area contributed by atoms with E-state index < -0.39 is 23.3 Å². The van der Waals surface area contributed by atoms with Crippen LogP contribution in [0.25, 0.3) is 11.6 Å². The van der Waals surface area contributed by atoms with Crippen LogP contribution in [0.15, 0.2) is 24.3 Å². The molecule has 0 amide bonds. The number of fused-ring (bicyclic) bond motifs is 1. The second kappa shape index (κ2) is 8.73. The Bertz CT molecular complexity index is 829. The van der Waals surface area contributed by atoms with Gasteiger partial charge in [0, 0.05) is 5.56 Å². The van der Waals surface area contributed by atoms with E-state index in [1.54, 1.807) is 0 Å². The van der Waals surface area contributed by atoms with Gasteiger partial charge in [-0.3, -0.25) is 0 Å². The molecule has 2 aromatic carbocycles. The molecule has 0 bridgehead atoms. The minimum absolute atomic E-state index is 0.0984. The molecule has 0 aliphatic heterocycles. The molecule has 0 saturated carbocycles. The Morgan fingerprint density at radius 3 is 2.07 bits per heavy atom. The van der Waals surface area contributed by atoms with Crippen molar-refractivity contribution >= 4 is 11.6 Å². The quantitative estimate of drug-likeness (QED) is 0.336. The highest BCUT2D eigenvalue weighted by Crippen LogP contribution is 2.35. The monoisotopic (exact) mass is 376 g/mol. The van der Waals surface area contributed by atoms with E-state index in [1.165, 1.54) is 37.5 Å². The minimum atomic E-state index is -0.957. The number of aryl methyl sites for hydroxylation is 1. The molecule has 0 radical (unpaired) electrons. The molecule has 27 heavy (non-hydrogen) atoms. The molecule has 2 aromatic rings. The molecular formula is C23H24F4. The molecule has 0 saturated heterocycles. The summed E-state index contributed by atoms with van der Waals surface area (Å²) in [5.41, 5.74) is 1.98. The Morgan fingerprint density at radius 1 is 0.741 bits per heavy atom. The van der Waals surface area contributed by atoms with Crippen molar-refractivity contribution in [3.05, 3.63) is 69.8 Å². The molecule has 4 heteroatoms. The van der Waals surface area contributed by atoms with Crippen LogP contribution in [0.4, 0.5) is 17.6 Å². The highest BCUT2D eigenvalue weighted by Gasteiger charge is 2.22. The lowest BCUT2D eigenvalue weighted by Crippen LogP contribution is -1.99. The highest BCUT2D eigenvalue weighted by atomic mass is 19.2. The first-order chi connectivity index (χ1) is 13.0. The number of unbranched alkanes of at least 4 members (excludes halogenated alkanes) is 5. The smallest absolute Gasteiger partial charge is 0.159 e. The lowest BCUT2D eigenvalue weighted by atomic mass is 9.98. The van der Waals surface area contributed by atoms with Crippen LogP contribution in [-0.4, -0.2) is 0 Å². The third-order valence-corrected chi connectivity index (χ3v) is 5.13. The molecule has 0 N–H and O–H groups in total. The maximum atomic E-state index is 14.6. The largest absolute Gasteiger partial charge is 0.206 e. The van der Waals surface area contributed by atoms with Gasteiger partial charge in [-0.2, -0.15) is 0 Å². The Kier molecular flexibility index (Phi) is 6.35. The van der Waals surface area contributed by atoms with Crippen LogP contribution in [0, 0.1) is 23.3 Å². The molecule has 0 nitrogen and oxygen atoms in total. The van der Waals surface area contributed by atoms with Crippen LogP contribution in [-0.2, 0) is 12.8 Å². The second-order valence-electron chi connectivity index (χ2n) is 7.26. The lowest BCUT2D eigenvalue weighted by Gasteiger charge is -2.09. The third kappa shape index (κ3) is 4.60. The second-order valence-corrected chi connectivity index (χ2v) is 7.26. The summed E-state index contributed by atoms with van der Waals surface area (Å²) in [6.45, 7) is 2.17. The summed E-state index contributed by atoms with van der Waals surface area (Å²) in [6.07, 6.45) is 9.11. The number of halogens is 4. The van der Waals surface area contributed by atoms with Gasteiger partial charge in [0.25, 0.3) is 0 Å². The zero-order valence-electron chi connectivity index (χ0n) is 15.6. The van der Waals surface area contributed by atoms with E-state index in [-0.39, 0.29) is 12.0 Å². The average Bonchev–Trinajstić information content (AvgIpc) is 3.00. The van der Waals surface area contributed by atoms with Crippen molar-refractivity contribution in [2.45, 2.75) is 58.3 Å². The van der Waals surface area contributed by atoms with Gasteiger partial charge < -0.3 is 0 Å². The molecule has 0 heterocycles. The summed E-state index contributed by atoms with van der Waals surface area (Å²) in [7, 11) is 0. The van der Waals surface area contributed by atoms with Crippen molar-refractivity contribution in [1.29, 1.82) is 0 Å². The lowest BCUT2D eigenvalue weighted by molar-refractivity contribution is 0.507. The topological polar surface area (TPSA) is 0 Å². The molecule has 0 fully saturated rings. The van der Waals surface area contributed by atoms with Crippen molar-refractivity contribution in [3.63, 3.8) is 0 Å². The first-order valence-corrected chi connectivity index (χ1v) is 9.66. The predicted molar refractivity (Wildman–Crippen MR) is 101 cm³/mol. The number of hydrogen-bond acceptors (Lipinski definition) is 0. The van der Waals surface area contributed by atoms with E-state index in [0.29, 0.717) is 28.7 Å². The Balaban J connectivity index is 1.70. The molecule has 0 unspecified atom stereocenters. The highest BCUT2D eigenvalue weighted by molar-refractivity contribution is 5.89. The van der Waals surface area contributed by atoms with Gasteiger partial charge in [0.2, 0.25) is 0 Å². The SMILES string of the molecule is CCCCCCCCc1cc(F)c(C2=Cc3cc(F)c(F)cc3C2)c(F)c1. The van der Waals surface area contributed by atoms with Crippen molar-refractivity contribution in [1.82, 2.24) is 0 Å². The third-order valence-electron chi connectivity index (χ3n) is 5.13. The number of hydrogen-bond donors (Lipinski definition) is 0. The Morgan fingerprint density at radius 2 is 1.37 bits per heavy atom. The van der Waals surface area contributed by atoms with E-state index in [9.17, 15) is 17.6 Å². The van der Waals surface area contributed by atoms with E-state index in [1.807, 2.05) is 0 Å². The van der Waals surface area contributed by atoms with Gasteiger partial charge in [-0.25, -0.2) is 17.6 Å². The zero-order valence-corrected chi connectivity index (χ0v) is 15.6. The van der Waals surface area contributed by atoms with Crippen molar-refractivity contribution in [2.24, 2.45) is 0 Å². The maximum Gasteiger partial charge on any atom is 0.159 e. The van der Waals surface area contributed by atoms with Gasteiger partial charge in [-0.05, 0) is 65.8 Å². The van der Waals surface area contributed by atoms with Gasteiger partial charge in [0.1, 0.15) is 11.6 Å². The van der Waals surface area contributed by atoms with Gasteiger partial charge in [-0.1, -0.05) is 45.1 Å². The molecule has 0 atom stereocenters. The number of benzene rings is 2. The van der Waals surface area contributed by atoms with E-state index >= 15 is 0 Å². The van der Waals surface area contributed by atoms with E-state index in [4.69, 9.17) is 0 Å². The van der Waals surface area contributed by atoms with Gasteiger partial charge in [0.05, 0.1) is 0 Å². The van der Waals surface area contributed by atoms with E-state index in [0.717, 1.165) is 31.4 Å². The number of allylic oxidation sites excluding steroid dienone is 1. The Labute approximate surface area is 157 Å². The van der Waals surface area contributed by atoms with Crippen LogP contribution in [0.3, 0.4) is 0 Å². The molecule has 1 aliphatic rings. The van der Waals surface area contributed by atoms with Gasteiger partial charge >= 0.3 is 0 Å². The molecule has 3 rings (SSSR count). The van der Waals surface area contributed by atoms with Crippen LogP contribution in [0.1, 0.15) is 67.7 Å². The molecular weight excluding hydrogens is 352 g/mol. The van der Waals surface area contributed by atoms with Crippen molar-refractivity contribution in [2.75, 3.05) is 0 Å². The Hall–Kier alpha value is -2.10. The van der Waals surface area contributed by atoms with Crippen molar-refractivity contribution in [3.8, 4) is 0 Å². The fraction of sp³-hybridized carbons (Fsp3) is 0.391. The molecule has 144 valence electrons. The molecule has 0 aromatic heterocycles. The minimum Gasteiger partial charge on any atom is -0.206 e. The average molecular weight is 376 g/mol. The summed E-state index contributed by atoms with van der Waals surface area (Å²) in [6, 6.07) is 4.93. The van der Waals surface area contributed by atoms with Crippen LogP contribution in [0.2, 0.25) is 0 Å². The molecule has 0 spiro atoms.